The van der Waals surface area contributed by atoms with E-state index >= 15 is 0 Å². The lowest BCUT2D eigenvalue weighted by Crippen LogP contribution is -2.43. The molecule has 0 aliphatic carbocycles. The molecule has 0 radical (unpaired) electrons. The number of nitrogens with two attached hydrogens (primary N) is 1. The van der Waals surface area contributed by atoms with Crippen molar-refractivity contribution in [3.63, 3.8) is 0 Å². The molecule has 6 heteroatoms. The minimum absolute atomic E-state index is 0.342. The minimum Gasteiger partial charge on any atom is -0.368 e. The lowest BCUT2D eigenvalue weighted by Gasteiger charge is -2.13. The van der Waals surface area contributed by atoms with Gasteiger partial charge in [0.15, 0.2) is 5.16 Å². The zero-order valence-electron chi connectivity index (χ0n) is 11.3. The van der Waals surface area contributed by atoms with Crippen LogP contribution in [0.15, 0.2) is 5.16 Å². The second kappa shape index (κ2) is 6.70. The van der Waals surface area contributed by atoms with E-state index in [1.54, 1.807) is 0 Å². The number of aryl methyl sites for hydroxylation is 2. The average Bonchev–Trinajstić information content (AvgIpc) is 2.30. The summed E-state index contributed by atoms with van der Waals surface area (Å²) in [6.07, 6.45) is 0. The summed E-state index contributed by atoms with van der Waals surface area (Å²) in [5.74, 6) is 0.204. The summed E-state index contributed by atoms with van der Waals surface area (Å²) in [6, 6.07) is -0.342. The molecular formula is C12H20N4OS. The zero-order chi connectivity index (χ0) is 13.7. The van der Waals surface area contributed by atoms with Crippen molar-refractivity contribution in [3.05, 3.63) is 17.0 Å². The molecular weight excluding hydrogens is 248 g/mol. The standard InChI is InChI=1S/C12H20N4OS/c1-5-14-10(11(13)17)6-18-12-15-8(3)7(2)9(4)16-12/h10,14H,5-6H2,1-4H3,(H2,13,17). The number of hydrogen-bond acceptors (Lipinski definition) is 5. The summed E-state index contributed by atoms with van der Waals surface area (Å²) < 4.78 is 0. The highest BCUT2D eigenvalue weighted by atomic mass is 32.2. The van der Waals surface area contributed by atoms with Crippen LogP contribution in [-0.4, -0.2) is 34.2 Å². The Morgan fingerprint density at radius 2 is 1.89 bits per heavy atom. The Kier molecular flexibility index (Phi) is 5.55. The highest BCUT2D eigenvalue weighted by Gasteiger charge is 2.15. The maximum absolute atomic E-state index is 11.2. The van der Waals surface area contributed by atoms with Gasteiger partial charge in [0.2, 0.25) is 5.91 Å². The fraction of sp³-hybridized carbons (Fsp3) is 0.583. The van der Waals surface area contributed by atoms with Crippen molar-refractivity contribution in [2.45, 2.75) is 38.9 Å². The maximum atomic E-state index is 11.2. The molecule has 1 amide bonds. The molecule has 3 N–H and O–H groups in total. The molecule has 0 aliphatic heterocycles. The van der Waals surface area contributed by atoms with Crippen molar-refractivity contribution in [1.82, 2.24) is 15.3 Å². The number of rotatable bonds is 6. The molecule has 100 valence electrons. The SMILES string of the molecule is CCNC(CSc1nc(C)c(C)c(C)n1)C(N)=O. The Labute approximate surface area is 112 Å². The molecule has 1 rings (SSSR count). The van der Waals surface area contributed by atoms with Crippen molar-refractivity contribution < 1.29 is 4.79 Å². The maximum Gasteiger partial charge on any atom is 0.235 e. The highest BCUT2D eigenvalue weighted by molar-refractivity contribution is 7.99. The number of nitrogens with zero attached hydrogens (tertiary/aromatic N) is 2. The lowest BCUT2D eigenvalue weighted by molar-refractivity contribution is -0.119. The second-order valence-corrected chi connectivity index (χ2v) is 5.11. The molecule has 1 aromatic heterocycles. The van der Waals surface area contributed by atoms with E-state index in [9.17, 15) is 4.79 Å². The zero-order valence-corrected chi connectivity index (χ0v) is 12.1. The largest absolute Gasteiger partial charge is 0.368 e. The van der Waals surface area contributed by atoms with Gasteiger partial charge in [-0.15, -0.1) is 0 Å². The number of aromatic nitrogens is 2. The predicted octanol–water partition coefficient (Wildman–Crippen LogP) is 0.957. The van der Waals surface area contributed by atoms with Gasteiger partial charge in [0.05, 0.1) is 6.04 Å². The first-order chi connectivity index (χ1) is 8.45. The van der Waals surface area contributed by atoms with Crippen LogP contribution in [0.2, 0.25) is 0 Å². The van der Waals surface area contributed by atoms with E-state index in [0.717, 1.165) is 17.0 Å². The Balaban J connectivity index is 2.70. The molecule has 0 spiro atoms. The van der Waals surface area contributed by atoms with Crippen molar-refractivity contribution in [3.8, 4) is 0 Å². The number of amides is 1. The number of hydrogen-bond donors (Lipinski definition) is 2. The van der Waals surface area contributed by atoms with Gasteiger partial charge >= 0.3 is 0 Å². The van der Waals surface area contributed by atoms with Crippen LogP contribution >= 0.6 is 11.8 Å². The van der Waals surface area contributed by atoms with E-state index in [4.69, 9.17) is 5.73 Å². The Bertz CT molecular complexity index is 413. The van der Waals surface area contributed by atoms with Crippen molar-refractivity contribution in [1.29, 1.82) is 0 Å². The molecule has 0 aromatic carbocycles. The van der Waals surface area contributed by atoms with E-state index in [0.29, 0.717) is 17.5 Å². The quantitative estimate of drug-likeness (QED) is 0.593. The van der Waals surface area contributed by atoms with Crippen LogP contribution in [0.3, 0.4) is 0 Å². The van der Waals surface area contributed by atoms with Gasteiger partial charge < -0.3 is 11.1 Å². The van der Waals surface area contributed by atoms with E-state index in [-0.39, 0.29) is 11.9 Å². The molecule has 1 atom stereocenters. The average molecular weight is 268 g/mol. The van der Waals surface area contributed by atoms with Gasteiger partial charge in [-0.25, -0.2) is 9.97 Å². The van der Waals surface area contributed by atoms with Gasteiger partial charge in [-0.05, 0) is 32.9 Å². The first-order valence-electron chi connectivity index (χ1n) is 5.93. The van der Waals surface area contributed by atoms with Gasteiger partial charge in [-0.2, -0.15) is 0 Å². The molecule has 0 aliphatic rings. The number of primary amides is 1. The smallest absolute Gasteiger partial charge is 0.235 e. The first-order valence-corrected chi connectivity index (χ1v) is 6.91. The van der Waals surface area contributed by atoms with Crippen molar-refractivity contribution in [2.75, 3.05) is 12.3 Å². The number of carbonyl (C=O) groups is 1. The molecule has 1 heterocycles. The van der Waals surface area contributed by atoms with E-state index < -0.39 is 0 Å². The number of nitrogens with one attached hydrogen (secondary N) is 1. The van der Waals surface area contributed by atoms with Gasteiger partial charge in [0.25, 0.3) is 0 Å². The van der Waals surface area contributed by atoms with E-state index in [1.807, 2.05) is 27.7 Å². The molecule has 0 fully saturated rings. The third-order valence-corrected chi connectivity index (χ3v) is 3.73. The molecule has 0 saturated heterocycles. The Hall–Kier alpha value is -1.14. The van der Waals surface area contributed by atoms with Gasteiger partial charge in [-0.3, -0.25) is 4.79 Å². The number of thioether (sulfide) groups is 1. The van der Waals surface area contributed by atoms with Crippen LogP contribution < -0.4 is 11.1 Å². The molecule has 1 unspecified atom stereocenters. The van der Waals surface area contributed by atoms with Crippen LogP contribution in [0, 0.1) is 20.8 Å². The topological polar surface area (TPSA) is 80.9 Å². The van der Waals surface area contributed by atoms with Crippen LogP contribution in [0.4, 0.5) is 0 Å². The number of likely N-dealkylation sites (N-methyl/N-ethyl adjacent to an activating group) is 1. The van der Waals surface area contributed by atoms with Gasteiger partial charge in [0, 0.05) is 17.1 Å². The van der Waals surface area contributed by atoms with Gasteiger partial charge in [0.1, 0.15) is 0 Å². The van der Waals surface area contributed by atoms with E-state index in [1.165, 1.54) is 11.8 Å². The van der Waals surface area contributed by atoms with Crippen molar-refractivity contribution >= 4 is 17.7 Å². The normalized spacial score (nSPS) is 12.4. The molecule has 0 bridgehead atoms. The Morgan fingerprint density at radius 3 is 2.33 bits per heavy atom. The summed E-state index contributed by atoms with van der Waals surface area (Å²) in [7, 11) is 0. The first kappa shape index (κ1) is 14.9. The molecule has 0 saturated carbocycles. The van der Waals surface area contributed by atoms with Crippen LogP contribution in [0.25, 0.3) is 0 Å². The fourth-order valence-electron chi connectivity index (χ4n) is 1.45. The lowest BCUT2D eigenvalue weighted by atomic mass is 10.2. The third kappa shape index (κ3) is 3.96. The van der Waals surface area contributed by atoms with Crippen molar-refractivity contribution in [2.24, 2.45) is 5.73 Å². The molecule has 5 nitrogen and oxygen atoms in total. The summed E-state index contributed by atoms with van der Waals surface area (Å²) >= 11 is 1.45. The monoisotopic (exact) mass is 268 g/mol. The molecule has 1 aromatic rings. The minimum atomic E-state index is -0.343. The van der Waals surface area contributed by atoms with Crippen LogP contribution in [0.1, 0.15) is 23.9 Å². The van der Waals surface area contributed by atoms with Crippen LogP contribution in [-0.2, 0) is 4.79 Å². The summed E-state index contributed by atoms with van der Waals surface area (Å²) in [5.41, 5.74) is 8.38. The third-order valence-electron chi connectivity index (χ3n) is 2.79. The summed E-state index contributed by atoms with van der Waals surface area (Å²) in [6.45, 7) is 8.58. The summed E-state index contributed by atoms with van der Waals surface area (Å²) in [4.78, 5) is 20.0. The van der Waals surface area contributed by atoms with Gasteiger partial charge in [-0.1, -0.05) is 18.7 Å². The molecule has 18 heavy (non-hydrogen) atoms. The predicted molar refractivity (Wildman–Crippen MR) is 73.6 cm³/mol. The Morgan fingerprint density at radius 1 is 1.33 bits per heavy atom. The van der Waals surface area contributed by atoms with E-state index in [2.05, 4.69) is 15.3 Å². The summed E-state index contributed by atoms with van der Waals surface area (Å²) in [5, 5.41) is 3.74. The number of carbonyl (C=O) groups excluding carboxylic acids is 1. The second-order valence-electron chi connectivity index (χ2n) is 4.13. The fourth-order valence-corrected chi connectivity index (χ4v) is 2.45. The van der Waals surface area contributed by atoms with Crippen LogP contribution in [0.5, 0.6) is 0 Å². The highest BCUT2D eigenvalue weighted by Crippen LogP contribution is 2.17.